The van der Waals surface area contributed by atoms with E-state index in [0.717, 1.165) is 17.1 Å². The van der Waals surface area contributed by atoms with Crippen LogP contribution in [0.3, 0.4) is 0 Å². The molecule has 0 aliphatic rings. The van der Waals surface area contributed by atoms with E-state index in [1.54, 1.807) is 6.07 Å². The van der Waals surface area contributed by atoms with E-state index >= 15 is 0 Å². The first-order valence-electron chi connectivity index (χ1n) is 10.2. The van der Waals surface area contributed by atoms with Gasteiger partial charge in [-0.05, 0) is 55.2 Å². The number of carbonyl (C=O) groups excluding carboxylic acids is 1. The van der Waals surface area contributed by atoms with Crippen LogP contribution in [-0.4, -0.2) is 26.4 Å². The van der Waals surface area contributed by atoms with Gasteiger partial charge < -0.3 is 14.6 Å². The summed E-state index contributed by atoms with van der Waals surface area (Å²) < 4.78 is 7.85. The summed E-state index contributed by atoms with van der Waals surface area (Å²) in [5.41, 5.74) is 2.83. The van der Waals surface area contributed by atoms with Gasteiger partial charge >= 0.3 is 0 Å². The van der Waals surface area contributed by atoms with Crippen molar-refractivity contribution >= 4 is 35.0 Å². The summed E-state index contributed by atoms with van der Waals surface area (Å²) in [6, 6.07) is 13.5. The molecule has 3 rings (SSSR count). The van der Waals surface area contributed by atoms with Crippen LogP contribution in [0.1, 0.15) is 43.6 Å². The second kappa shape index (κ2) is 10.7. The van der Waals surface area contributed by atoms with Crippen LogP contribution in [0.5, 0.6) is 5.75 Å². The van der Waals surface area contributed by atoms with Gasteiger partial charge in [0.25, 0.3) is 0 Å². The maximum absolute atomic E-state index is 12.4. The van der Waals surface area contributed by atoms with E-state index in [1.165, 1.54) is 17.3 Å². The van der Waals surface area contributed by atoms with Crippen molar-refractivity contribution < 1.29 is 9.53 Å². The number of hydrogen-bond acceptors (Lipinski definition) is 5. The van der Waals surface area contributed by atoms with Crippen molar-refractivity contribution in [1.82, 2.24) is 14.8 Å². The largest absolute Gasteiger partial charge is 0.486 e. The topological polar surface area (TPSA) is 69.0 Å². The molecular formula is C23H27ClN4O2S. The molecule has 0 saturated carbocycles. The van der Waals surface area contributed by atoms with E-state index in [1.807, 2.05) is 42.7 Å². The van der Waals surface area contributed by atoms with Crippen molar-refractivity contribution in [3.63, 3.8) is 0 Å². The smallest absolute Gasteiger partial charge is 0.234 e. The van der Waals surface area contributed by atoms with E-state index in [0.29, 0.717) is 34.9 Å². The highest BCUT2D eigenvalue weighted by atomic mass is 35.5. The highest BCUT2D eigenvalue weighted by molar-refractivity contribution is 7.99. The van der Waals surface area contributed by atoms with Crippen LogP contribution in [0.2, 0.25) is 5.02 Å². The van der Waals surface area contributed by atoms with Crippen molar-refractivity contribution in [2.75, 3.05) is 11.1 Å². The van der Waals surface area contributed by atoms with Crippen LogP contribution in [0, 0.1) is 6.92 Å². The van der Waals surface area contributed by atoms with Crippen molar-refractivity contribution in [2.45, 2.75) is 51.9 Å². The first-order chi connectivity index (χ1) is 14.9. The Labute approximate surface area is 192 Å². The fourth-order valence-corrected chi connectivity index (χ4v) is 4.00. The number of amides is 1. The molecule has 0 unspecified atom stereocenters. The Morgan fingerprint density at radius 2 is 1.94 bits per heavy atom. The number of thioether (sulfide) groups is 1. The Hall–Kier alpha value is -2.51. The Bertz CT molecular complexity index is 1030. The Morgan fingerprint density at radius 3 is 2.61 bits per heavy atom. The summed E-state index contributed by atoms with van der Waals surface area (Å²) in [5, 5.41) is 12.7. The molecule has 1 N–H and O–H groups in total. The number of anilines is 1. The maximum atomic E-state index is 12.4. The molecule has 3 aromatic rings. The number of nitrogens with one attached hydrogen (secondary N) is 1. The third kappa shape index (κ3) is 6.02. The molecule has 0 fully saturated rings. The predicted octanol–water partition coefficient (Wildman–Crippen LogP) is 5.69. The molecule has 6 nitrogen and oxygen atoms in total. The first kappa shape index (κ1) is 23.2. The zero-order chi connectivity index (χ0) is 22.4. The number of halogens is 1. The van der Waals surface area contributed by atoms with E-state index in [9.17, 15) is 4.79 Å². The van der Waals surface area contributed by atoms with Gasteiger partial charge in [-0.25, -0.2) is 0 Å². The standard InChI is InChI=1S/C23H27ClN4O2S/c1-5-28-21(13-30-18-11-9-17(10-12-18)15(2)3)26-27-23(28)31-14-22(29)25-20-8-6-7-19(24)16(20)4/h6-12,15H,5,13-14H2,1-4H3,(H,25,29). The number of aromatic nitrogens is 3. The number of ether oxygens (including phenoxy) is 1. The molecule has 8 heteroatoms. The average molecular weight is 459 g/mol. The molecule has 2 aromatic carbocycles. The fraction of sp³-hybridized carbons (Fsp3) is 0.348. The quantitative estimate of drug-likeness (QED) is 0.417. The third-order valence-electron chi connectivity index (χ3n) is 4.90. The lowest BCUT2D eigenvalue weighted by atomic mass is 10.0. The summed E-state index contributed by atoms with van der Waals surface area (Å²) in [4.78, 5) is 12.4. The van der Waals surface area contributed by atoms with Gasteiger partial charge in [0.15, 0.2) is 11.0 Å². The zero-order valence-electron chi connectivity index (χ0n) is 18.2. The van der Waals surface area contributed by atoms with Gasteiger partial charge in [-0.15, -0.1) is 10.2 Å². The fourth-order valence-electron chi connectivity index (χ4n) is 3.01. The normalized spacial score (nSPS) is 11.0. The Balaban J connectivity index is 1.58. The van der Waals surface area contributed by atoms with Gasteiger partial charge in [-0.1, -0.05) is 55.4 Å². The molecule has 1 amide bonds. The second-order valence-electron chi connectivity index (χ2n) is 7.40. The minimum absolute atomic E-state index is 0.121. The van der Waals surface area contributed by atoms with E-state index in [-0.39, 0.29) is 11.7 Å². The number of benzene rings is 2. The minimum atomic E-state index is -0.121. The van der Waals surface area contributed by atoms with E-state index in [4.69, 9.17) is 16.3 Å². The molecule has 0 saturated heterocycles. The van der Waals surface area contributed by atoms with Crippen LogP contribution < -0.4 is 10.1 Å². The highest BCUT2D eigenvalue weighted by Gasteiger charge is 2.14. The lowest BCUT2D eigenvalue weighted by Gasteiger charge is -2.11. The van der Waals surface area contributed by atoms with Crippen LogP contribution in [0.4, 0.5) is 5.69 Å². The molecule has 31 heavy (non-hydrogen) atoms. The Kier molecular flexibility index (Phi) is 7.98. The number of hydrogen-bond donors (Lipinski definition) is 1. The second-order valence-corrected chi connectivity index (χ2v) is 8.75. The molecule has 1 heterocycles. The van der Waals surface area contributed by atoms with Crippen molar-refractivity contribution in [1.29, 1.82) is 0 Å². The van der Waals surface area contributed by atoms with Crippen LogP contribution >= 0.6 is 23.4 Å². The SMILES string of the molecule is CCn1c(COc2ccc(C(C)C)cc2)nnc1SCC(=O)Nc1cccc(Cl)c1C. The van der Waals surface area contributed by atoms with Crippen LogP contribution in [0.25, 0.3) is 0 Å². The molecular weight excluding hydrogens is 432 g/mol. The number of nitrogens with zero attached hydrogens (tertiary/aromatic N) is 3. The van der Waals surface area contributed by atoms with Gasteiger partial charge in [0, 0.05) is 17.3 Å². The Morgan fingerprint density at radius 1 is 1.19 bits per heavy atom. The molecule has 0 bridgehead atoms. The molecule has 0 aliphatic carbocycles. The van der Waals surface area contributed by atoms with Gasteiger partial charge in [-0.2, -0.15) is 0 Å². The number of rotatable bonds is 9. The zero-order valence-corrected chi connectivity index (χ0v) is 19.8. The molecule has 164 valence electrons. The predicted molar refractivity (Wildman–Crippen MR) is 126 cm³/mol. The maximum Gasteiger partial charge on any atom is 0.234 e. The minimum Gasteiger partial charge on any atom is -0.486 e. The summed E-state index contributed by atoms with van der Waals surface area (Å²) in [6.07, 6.45) is 0. The number of carbonyl (C=O) groups is 1. The summed E-state index contributed by atoms with van der Waals surface area (Å²) in [5.74, 6) is 2.10. The highest BCUT2D eigenvalue weighted by Crippen LogP contribution is 2.24. The van der Waals surface area contributed by atoms with Crippen LogP contribution in [-0.2, 0) is 17.9 Å². The van der Waals surface area contributed by atoms with Gasteiger partial charge in [0.2, 0.25) is 5.91 Å². The molecule has 0 spiro atoms. The van der Waals surface area contributed by atoms with Gasteiger partial charge in [0.05, 0.1) is 5.75 Å². The van der Waals surface area contributed by atoms with Crippen molar-refractivity contribution in [3.05, 3.63) is 64.4 Å². The first-order valence-corrected chi connectivity index (χ1v) is 11.6. The summed E-state index contributed by atoms with van der Waals surface area (Å²) in [7, 11) is 0. The lowest BCUT2D eigenvalue weighted by Crippen LogP contribution is -2.15. The molecule has 0 aliphatic heterocycles. The monoisotopic (exact) mass is 458 g/mol. The van der Waals surface area contributed by atoms with E-state index in [2.05, 4.69) is 41.5 Å². The summed E-state index contributed by atoms with van der Waals surface area (Å²) >= 11 is 7.46. The van der Waals surface area contributed by atoms with E-state index < -0.39 is 0 Å². The molecule has 0 radical (unpaired) electrons. The van der Waals surface area contributed by atoms with Gasteiger partial charge in [0.1, 0.15) is 12.4 Å². The van der Waals surface area contributed by atoms with Crippen LogP contribution in [0.15, 0.2) is 47.6 Å². The molecule has 0 atom stereocenters. The van der Waals surface area contributed by atoms with Crippen molar-refractivity contribution in [3.8, 4) is 5.75 Å². The third-order valence-corrected chi connectivity index (χ3v) is 6.27. The summed E-state index contributed by atoms with van der Waals surface area (Å²) in [6.45, 7) is 9.22. The van der Waals surface area contributed by atoms with Gasteiger partial charge in [-0.3, -0.25) is 4.79 Å². The van der Waals surface area contributed by atoms with Crippen molar-refractivity contribution in [2.24, 2.45) is 0 Å². The average Bonchev–Trinajstić information content (AvgIpc) is 3.16. The molecule has 1 aromatic heterocycles. The lowest BCUT2D eigenvalue weighted by molar-refractivity contribution is -0.113.